The molecule has 3 N–H and O–H groups in total. The maximum Gasteiger partial charge on any atom is 0.333 e. The summed E-state index contributed by atoms with van der Waals surface area (Å²) in [4.78, 5) is 26.4. The van der Waals surface area contributed by atoms with Gasteiger partial charge in [0.1, 0.15) is 42.4 Å². The number of rotatable bonds is 12. The number of hydrogen-bond donors (Lipinski definition) is 3. The van der Waals surface area contributed by atoms with Gasteiger partial charge in [0.15, 0.2) is 18.9 Å². The number of allylic oxidation sites excluding steroid dienone is 2. The number of ether oxygens (including phenoxy) is 10. The maximum atomic E-state index is 13.3. The number of ketones is 1. The van der Waals surface area contributed by atoms with Crippen LogP contribution in [0.15, 0.2) is 23.3 Å². The first kappa shape index (κ1) is 48.1. The fraction of sp³-hybridized carbons (Fsp3) is 0.872. The summed E-state index contributed by atoms with van der Waals surface area (Å²) in [5.74, 6) is -0.727. The summed E-state index contributed by atoms with van der Waals surface area (Å²) in [7, 11) is 4.68. The van der Waals surface area contributed by atoms with Crippen molar-refractivity contribution in [3.63, 3.8) is 0 Å². The largest absolute Gasteiger partial charge is 0.458 e. The Bertz CT molecular complexity index is 1670. The van der Waals surface area contributed by atoms with Crippen molar-refractivity contribution in [3.05, 3.63) is 23.3 Å². The number of aliphatic hydroxyl groups excluding tert-OH is 2. The maximum absolute atomic E-state index is 13.3. The molecule has 3 saturated carbocycles. The van der Waals surface area contributed by atoms with Crippen molar-refractivity contribution >= 4 is 11.8 Å². The van der Waals surface area contributed by atoms with E-state index in [2.05, 4.69) is 13.0 Å². The minimum absolute atomic E-state index is 0.0391. The molecule has 3 heterocycles. The summed E-state index contributed by atoms with van der Waals surface area (Å²) in [6.45, 7) is 15.0. The molecule has 0 aromatic carbocycles. The third kappa shape index (κ3) is 8.42. The minimum atomic E-state index is -1.22. The average molecular weight is 879 g/mol. The van der Waals surface area contributed by atoms with E-state index in [0.717, 1.165) is 19.3 Å². The zero-order chi connectivity index (χ0) is 45.1. The normalized spacial score (nSPS) is 49.6. The molecule has 0 amide bonds. The van der Waals surface area contributed by atoms with Gasteiger partial charge in [0, 0.05) is 51.1 Å². The highest BCUT2D eigenvalue weighted by Crippen LogP contribution is 2.68. The molecule has 352 valence electrons. The van der Waals surface area contributed by atoms with Gasteiger partial charge < -0.3 is 62.7 Å². The number of esters is 1. The molecule has 3 saturated heterocycles. The highest BCUT2D eigenvalue weighted by atomic mass is 16.8. The predicted molar refractivity (Wildman–Crippen MR) is 223 cm³/mol. The van der Waals surface area contributed by atoms with Gasteiger partial charge in [-0.3, -0.25) is 4.79 Å². The smallest absolute Gasteiger partial charge is 0.333 e. The number of fused-ring (bicyclic) bond motifs is 5. The Morgan fingerprint density at radius 1 is 0.774 bits per heavy atom. The van der Waals surface area contributed by atoms with E-state index < -0.39 is 96.9 Å². The van der Waals surface area contributed by atoms with E-state index in [-0.39, 0.29) is 41.2 Å². The number of hydrogen-bond acceptors (Lipinski definition) is 15. The molecular formula is C47H74O15. The lowest BCUT2D eigenvalue weighted by Crippen LogP contribution is -2.66. The van der Waals surface area contributed by atoms with E-state index in [1.54, 1.807) is 41.1 Å². The quantitative estimate of drug-likeness (QED) is 0.139. The Balaban J connectivity index is 0.980. The van der Waals surface area contributed by atoms with Crippen LogP contribution in [0.1, 0.15) is 113 Å². The topological polar surface area (TPSA) is 187 Å². The van der Waals surface area contributed by atoms with Crippen molar-refractivity contribution < 1.29 is 72.3 Å². The predicted octanol–water partition coefficient (Wildman–Crippen LogP) is 4.69. The lowest BCUT2D eigenvalue weighted by atomic mass is 9.45. The van der Waals surface area contributed by atoms with Gasteiger partial charge in [-0.25, -0.2) is 4.79 Å². The molecule has 14 unspecified atom stereocenters. The summed E-state index contributed by atoms with van der Waals surface area (Å²) in [5, 5.41) is 34.1. The van der Waals surface area contributed by atoms with E-state index in [4.69, 9.17) is 47.4 Å². The number of Topliss-reactive ketones (excluding diaryl/α,β-unsaturated/α-hetero) is 1. The van der Waals surface area contributed by atoms with Crippen molar-refractivity contribution in [2.45, 2.75) is 211 Å². The van der Waals surface area contributed by atoms with Crippen LogP contribution in [-0.4, -0.2) is 146 Å². The molecule has 0 spiro atoms. The van der Waals surface area contributed by atoms with Crippen LogP contribution in [0.5, 0.6) is 0 Å². The van der Waals surface area contributed by atoms with Gasteiger partial charge in [-0.1, -0.05) is 31.6 Å². The molecule has 6 fully saturated rings. The van der Waals surface area contributed by atoms with Gasteiger partial charge in [-0.15, -0.1) is 0 Å². The molecule has 0 radical (unpaired) electrons. The van der Waals surface area contributed by atoms with Crippen LogP contribution in [0.2, 0.25) is 0 Å². The first-order valence-electron chi connectivity index (χ1n) is 23.0. The first-order chi connectivity index (χ1) is 29.3. The summed E-state index contributed by atoms with van der Waals surface area (Å²) < 4.78 is 61.8. The average Bonchev–Trinajstić information content (AvgIpc) is 3.53. The highest BCUT2D eigenvalue weighted by Gasteiger charge is 2.71. The van der Waals surface area contributed by atoms with Crippen LogP contribution in [-0.2, 0) is 57.0 Å². The van der Waals surface area contributed by atoms with Crippen molar-refractivity contribution in [2.24, 2.45) is 28.6 Å². The van der Waals surface area contributed by atoms with E-state index in [9.17, 15) is 24.9 Å². The summed E-state index contributed by atoms with van der Waals surface area (Å²) in [5.41, 5.74) is -0.439. The van der Waals surface area contributed by atoms with E-state index in [1.807, 2.05) is 27.7 Å². The van der Waals surface area contributed by atoms with Crippen molar-refractivity contribution in [1.82, 2.24) is 0 Å². The van der Waals surface area contributed by atoms with Gasteiger partial charge in [0.05, 0.1) is 42.2 Å². The zero-order valence-electron chi connectivity index (χ0n) is 38.7. The Labute approximate surface area is 367 Å². The molecule has 62 heavy (non-hydrogen) atoms. The second-order valence-corrected chi connectivity index (χ2v) is 19.8. The van der Waals surface area contributed by atoms with Crippen molar-refractivity contribution in [2.75, 3.05) is 21.3 Å². The Hall–Kier alpha value is -1.86. The number of carbonyl (C=O) groups excluding carboxylic acids is 2. The molecule has 7 aliphatic rings. The number of carbonyl (C=O) groups is 2. The van der Waals surface area contributed by atoms with Gasteiger partial charge >= 0.3 is 5.97 Å². The van der Waals surface area contributed by atoms with E-state index in [0.29, 0.717) is 44.1 Å². The second kappa shape index (κ2) is 18.8. The Kier molecular flexibility index (Phi) is 14.6. The van der Waals surface area contributed by atoms with Crippen LogP contribution in [0.4, 0.5) is 0 Å². The third-order valence-corrected chi connectivity index (χ3v) is 16.6. The van der Waals surface area contributed by atoms with E-state index >= 15 is 0 Å². The highest BCUT2D eigenvalue weighted by molar-refractivity contribution is 5.88. The second-order valence-electron chi connectivity index (χ2n) is 19.8. The van der Waals surface area contributed by atoms with Gasteiger partial charge in [-0.2, -0.15) is 0 Å². The van der Waals surface area contributed by atoms with E-state index in [1.165, 1.54) is 12.7 Å². The zero-order valence-corrected chi connectivity index (χ0v) is 38.7. The summed E-state index contributed by atoms with van der Waals surface area (Å²) in [6, 6.07) is 0. The van der Waals surface area contributed by atoms with Gasteiger partial charge in [-0.05, 0) is 104 Å². The fourth-order valence-electron chi connectivity index (χ4n) is 12.8. The molecule has 7 rings (SSSR count). The molecule has 15 nitrogen and oxygen atoms in total. The monoisotopic (exact) mass is 879 g/mol. The van der Waals surface area contributed by atoms with Crippen molar-refractivity contribution in [3.8, 4) is 0 Å². The molecule has 0 aromatic heterocycles. The van der Waals surface area contributed by atoms with Crippen molar-refractivity contribution in [1.29, 1.82) is 0 Å². The number of aliphatic hydroxyl groups is 3. The lowest BCUT2D eigenvalue weighted by Gasteiger charge is -2.63. The molecule has 0 bridgehead atoms. The van der Waals surface area contributed by atoms with Crippen LogP contribution in [0, 0.1) is 28.6 Å². The third-order valence-electron chi connectivity index (χ3n) is 16.6. The van der Waals surface area contributed by atoms with Crippen LogP contribution in [0.3, 0.4) is 0 Å². The summed E-state index contributed by atoms with van der Waals surface area (Å²) >= 11 is 0. The molecular weight excluding hydrogens is 805 g/mol. The van der Waals surface area contributed by atoms with Crippen LogP contribution < -0.4 is 0 Å². The van der Waals surface area contributed by atoms with Crippen LogP contribution in [0.25, 0.3) is 0 Å². The van der Waals surface area contributed by atoms with Crippen LogP contribution >= 0.6 is 0 Å². The fourth-order valence-corrected chi connectivity index (χ4v) is 12.8. The first-order valence-corrected chi connectivity index (χ1v) is 23.0. The SMILES string of the molecule is C/C=C(\C)C(=O)OC1CC2C(CC=C3CC(O[C@H]4CC(OC)[C@H](O[C@H]5CC(OC)[C@H](O[C@@H]6OC(C)[C@@H](O)C(OC)[C@@H]6O)C(C)O5)C(C)O4)CCC32C)C2(O)CCC(C(C)=O)C12C. The lowest BCUT2D eigenvalue weighted by molar-refractivity contribution is -0.352. The Morgan fingerprint density at radius 3 is 2.00 bits per heavy atom. The molecule has 15 heteroatoms. The standard InChI is InChI=1S/C47H74O15/c1-12-23(2)43(51)60-35-20-32-31(47(52)18-16-30(24(3)48)46(35,47)8)14-13-28-19-29(15-17-45(28,32)7)59-36-21-33(53-9)40(26(5)56-36)61-37-22-34(54-10)41(27(6)57-37)62-44-39(50)42(55-11)38(49)25(4)58-44/h12-13,25-27,29-42,44,49-50,52H,14-22H2,1-11H3/b23-12+/t25?,26?,27?,29?,30?,31?,32?,33?,34?,35?,36-,37-,38+,39-,40+,41+,42?,44-,45?,46?,47?/m0/s1. The number of methoxy groups -OCH3 is 3. The molecule has 3 aliphatic heterocycles. The Morgan fingerprint density at radius 2 is 1.40 bits per heavy atom. The minimum Gasteiger partial charge on any atom is -0.458 e. The summed E-state index contributed by atoms with van der Waals surface area (Å²) in [6.07, 6.45) is 0.173. The molecule has 21 atom stereocenters. The molecule has 0 aromatic rings. The molecule has 4 aliphatic carbocycles. The van der Waals surface area contributed by atoms with Gasteiger partial charge in [0.2, 0.25) is 0 Å². The van der Waals surface area contributed by atoms with Gasteiger partial charge in [0.25, 0.3) is 0 Å².